The SMILES string of the molecule is Cc1cc(C)cc(N2CCCn3c2nc2c3c(=O)n(CC(=O)O)c(=O)n2C)c1. The van der Waals surface area contributed by atoms with E-state index in [9.17, 15) is 14.4 Å². The zero-order chi connectivity index (χ0) is 20.2. The molecule has 3 heterocycles. The Labute approximate surface area is 160 Å². The monoisotopic (exact) mass is 383 g/mol. The van der Waals surface area contributed by atoms with Crippen LogP contribution in [0.3, 0.4) is 0 Å². The Bertz CT molecular complexity index is 1210. The predicted octanol–water partition coefficient (Wildman–Crippen LogP) is 1.14. The molecule has 2 aromatic heterocycles. The highest BCUT2D eigenvalue weighted by molar-refractivity contribution is 5.77. The standard InChI is InChI=1S/C19H21N5O4/c1-11-7-12(2)9-13(8-11)22-5-4-6-23-15-16(20-18(22)23)21(3)19(28)24(17(15)27)10-14(25)26/h7-9H,4-6,10H2,1-3H3,(H,25,26). The summed E-state index contributed by atoms with van der Waals surface area (Å²) >= 11 is 0. The van der Waals surface area contributed by atoms with Crippen molar-refractivity contribution in [3.05, 3.63) is 50.2 Å². The van der Waals surface area contributed by atoms with Crippen LogP contribution < -0.4 is 16.1 Å². The topological polar surface area (TPSA) is 102 Å². The van der Waals surface area contributed by atoms with Crippen LogP contribution in [0.15, 0.2) is 27.8 Å². The molecule has 9 nitrogen and oxygen atoms in total. The highest BCUT2D eigenvalue weighted by Crippen LogP contribution is 2.31. The molecule has 0 saturated carbocycles. The van der Waals surface area contributed by atoms with Crippen LogP contribution in [0.25, 0.3) is 11.2 Å². The highest BCUT2D eigenvalue weighted by atomic mass is 16.4. The van der Waals surface area contributed by atoms with Crippen molar-refractivity contribution < 1.29 is 9.90 Å². The molecule has 3 aromatic rings. The lowest BCUT2D eigenvalue weighted by atomic mass is 10.1. The maximum Gasteiger partial charge on any atom is 0.333 e. The summed E-state index contributed by atoms with van der Waals surface area (Å²) in [5.74, 6) is -0.653. The second-order valence-electron chi connectivity index (χ2n) is 7.21. The Morgan fingerprint density at radius 1 is 1.14 bits per heavy atom. The van der Waals surface area contributed by atoms with Crippen molar-refractivity contribution in [2.45, 2.75) is 33.4 Å². The van der Waals surface area contributed by atoms with Gasteiger partial charge in [-0.15, -0.1) is 0 Å². The molecule has 0 unspecified atom stereocenters. The number of carbonyl (C=O) groups is 1. The third-order valence-corrected chi connectivity index (χ3v) is 5.03. The molecule has 0 atom stereocenters. The predicted molar refractivity (Wildman–Crippen MR) is 104 cm³/mol. The lowest BCUT2D eigenvalue weighted by molar-refractivity contribution is -0.137. The molecule has 146 valence electrons. The van der Waals surface area contributed by atoms with Gasteiger partial charge in [0.1, 0.15) is 6.54 Å². The number of aromatic nitrogens is 4. The van der Waals surface area contributed by atoms with Crippen LogP contribution in [0.4, 0.5) is 11.6 Å². The van der Waals surface area contributed by atoms with Crippen molar-refractivity contribution in [3.8, 4) is 0 Å². The first-order valence-electron chi connectivity index (χ1n) is 9.05. The zero-order valence-electron chi connectivity index (χ0n) is 16.0. The van der Waals surface area contributed by atoms with Crippen LogP contribution in [0.1, 0.15) is 17.5 Å². The van der Waals surface area contributed by atoms with Crippen LogP contribution >= 0.6 is 0 Å². The van der Waals surface area contributed by atoms with Crippen LogP contribution in [-0.2, 0) is 24.9 Å². The van der Waals surface area contributed by atoms with E-state index in [1.165, 1.54) is 11.6 Å². The number of aliphatic carboxylic acids is 1. The number of fused-ring (bicyclic) bond motifs is 3. The second kappa shape index (κ2) is 6.36. The van der Waals surface area contributed by atoms with Gasteiger partial charge >= 0.3 is 11.7 Å². The highest BCUT2D eigenvalue weighted by Gasteiger charge is 2.27. The summed E-state index contributed by atoms with van der Waals surface area (Å²) in [4.78, 5) is 43.2. The van der Waals surface area contributed by atoms with Crippen LogP contribution in [0, 0.1) is 13.8 Å². The minimum absolute atomic E-state index is 0.257. The molecule has 0 spiro atoms. The van der Waals surface area contributed by atoms with Gasteiger partial charge in [0.2, 0.25) is 5.95 Å². The Morgan fingerprint density at radius 3 is 2.46 bits per heavy atom. The number of imidazole rings is 1. The van der Waals surface area contributed by atoms with Crippen molar-refractivity contribution in [1.29, 1.82) is 0 Å². The number of carboxylic acids is 1. The van der Waals surface area contributed by atoms with E-state index >= 15 is 0 Å². The van der Waals surface area contributed by atoms with E-state index in [0.29, 0.717) is 12.5 Å². The molecular formula is C19H21N5O4. The van der Waals surface area contributed by atoms with E-state index in [2.05, 4.69) is 23.2 Å². The Kier molecular flexibility index (Phi) is 4.10. The Balaban J connectivity index is 1.99. The Hall–Kier alpha value is -3.36. The molecular weight excluding hydrogens is 362 g/mol. The van der Waals surface area contributed by atoms with Gasteiger partial charge in [-0.3, -0.25) is 14.2 Å². The smallest absolute Gasteiger partial charge is 0.333 e. The number of nitrogens with zero attached hydrogens (tertiary/aromatic N) is 5. The third kappa shape index (κ3) is 2.70. The van der Waals surface area contributed by atoms with Crippen LogP contribution in [-0.4, -0.2) is 36.3 Å². The lowest BCUT2D eigenvalue weighted by Gasteiger charge is -2.29. The summed E-state index contributed by atoms with van der Waals surface area (Å²) in [5, 5.41) is 9.07. The molecule has 9 heteroatoms. The summed E-state index contributed by atoms with van der Waals surface area (Å²) < 4.78 is 3.77. The van der Waals surface area contributed by atoms with E-state index in [1.807, 2.05) is 18.7 Å². The summed E-state index contributed by atoms with van der Waals surface area (Å²) in [5.41, 5.74) is 2.44. The number of anilines is 2. The molecule has 0 amide bonds. The van der Waals surface area contributed by atoms with E-state index in [4.69, 9.17) is 5.11 Å². The molecule has 0 aliphatic carbocycles. The van der Waals surface area contributed by atoms with E-state index in [-0.39, 0.29) is 11.2 Å². The van der Waals surface area contributed by atoms with Gasteiger partial charge in [-0.25, -0.2) is 9.36 Å². The molecule has 1 N–H and O–H groups in total. The first-order valence-corrected chi connectivity index (χ1v) is 9.05. The van der Waals surface area contributed by atoms with Gasteiger partial charge in [-0.1, -0.05) is 6.07 Å². The normalized spacial score (nSPS) is 13.8. The maximum absolute atomic E-state index is 12.9. The first kappa shape index (κ1) is 18.0. The molecule has 1 aromatic carbocycles. The van der Waals surface area contributed by atoms with Crippen molar-refractivity contribution in [1.82, 2.24) is 18.7 Å². The second-order valence-corrected chi connectivity index (χ2v) is 7.21. The fourth-order valence-corrected chi connectivity index (χ4v) is 3.89. The number of carboxylic acid groups (broad SMARTS) is 1. The lowest BCUT2D eigenvalue weighted by Crippen LogP contribution is -2.41. The minimum atomic E-state index is -1.24. The van der Waals surface area contributed by atoms with Gasteiger partial charge in [-0.05, 0) is 43.5 Å². The van der Waals surface area contributed by atoms with Gasteiger partial charge in [-0.2, -0.15) is 4.98 Å². The third-order valence-electron chi connectivity index (χ3n) is 5.03. The Morgan fingerprint density at radius 2 is 1.82 bits per heavy atom. The molecule has 0 fully saturated rings. The average Bonchev–Trinajstić information content (AvgIpc) is 3.02. The summed E-state index contributed by atoms with van der Waals surface area (Å²) in [6.45, 7) is 4.69. The number of hydrogen-bond donors (Lipinski definition) is 1. The zero-order valence-corrected chi connectivity index (χ0v) is 16.0. The number of rotatable bonds is 3. The van der Waals surface area contributed by atoms with E-state index < -0.39 is 23.8 Å². The van der Waals surface area contributed by atoms with Crippen molar-refractivity contribution in [3.63, 3.8) is 0 Å². The fourth-order valence-electron chi connectivity index (χ4n) is 3.89. The van der Waals surface area contributed by atoms with Crippen molar-refractivity contribution >= 4 is 28.8 Å². The first-order chi connectivity index (χ1) is 13.3. The molecule has 1 aliphatic rings. The summed E-state index contributed by atoms with van der Waals surface area (Å²) in [6.07, 6.45) is 0.798. The fraction of sp³-hybridized carbons (Fsp3) is 0.368. The summed E-state index contributed by atoms with van der Waals surface area (Å²) in [6, 6.07) is 6.21. The molecule has 0 saturated heterocycles. The van der Waals surface area contributed by atoms with Gasteiger partial charge in [0, 0.05) is 25.8 Å². The van der Waals surface area contributed by atoms with Crippen LogP contribution in [0.5, 0.6) is 0 Å². The largest absolute Gasteiger partial charge is 0.480 e. The summed E-state index contributed by atoms with van der Waals surface area (Å²) in [7, 11) is 1.50. The molecule has 4 rings (SSSR count). The molecule has 0 bridgehead atoms. The van der Waals surface area contributed by atoms with Gasteiger partial charge in [0.15, 0.2) is 11.2 Å². The van der Waals surface area contributed by atoms with Crippen molar-refractivity contribution in [2.75, 3.05) is 11.4 Å². The van der Waals surface area contributed by atoms with E-state index in [0.717, 1.165) is 34.3 Å². The maximum atomic E-state index is 12.9. The molecule has 28 heavy (non-hydrogen) atoms. The van der Waals surface area contributed by atoms with Crippen molar-refractivity contribution in [2.24, 2.45) is 7.05 Å². The average molecular weight is 383 g/mol. The molecule has 0 radical (unpaired) electrons. The van der Waals surface area contributed by atoms with Gasteiger partial charge in [0.25, 0.3) is 5.56 Å². The van der Waals surface area contributed by atoms with E-state index in [1.54, 1.807) is 4.57 Å². The number of benzene rings is 1. The van der Waals surface area contributed by atoms with Crippen LogP contribution in [0.2, 0.25) is 0 Å². The van der Waals surface area contributed by atoms with Gasteiger partial charge < -0.3 is 14.6 Å². The minimum Gasteiger partial charge on any atom is -0.480 e. The molecule has 1 aliphatic heterocycles. The number of aryl methyl sites for hydroxylation is 4. The number of hydrogen-bond acceptors (Lipinski definition) is 5. The quantitative estimate of drug-likeness (QED) is 0.728. The van der Waals surface area contributed by atoms with Gasteiger partial charge in [0.05, 0.1) is 0 Å².